The van der Waals surface area contributed by atoms with E-state index in [2.05, 4.69) is 10.2 Å². The van der Waals surface area contributed by atoms with Gasteiger partial charge in [0.15, 0.2) is 0 Å². The van der Waals surface area contributed by atoms with Gasteiger partial charge in [0.25, 0.3) is 0 Å². The quantitative estimate of drug-likeness (QED) is 0.622. The topological polar surface area (TPSA) is 99.9 Å². The van der Waals surface area contributed by atoms with E-state index in [1.54, 1.807) is 12.1 Å². The van der Waals surface area contributed by atoms with E-state index in [9.17, 15) is 14.4 Å². The number of carbonyl (C=O) groups is 2. The molecular weight excluding hydrogens is 312 g/mol. The van der Waals surface area contributed by atoms with Crippen LogP contribution in [0.15, 0.2) is 45.6 Å². The van der Waals surface area contributed by atoms with E-state index in [1.165, 1.54) is 6.07 Å². The summed E-state index contributed by atoms with van der Waals surface area (Å²) in [7, 11) is 0. The fourth-order valence-corrected chi connectivity index (χ4v) is 2.29. The lowest BCUT2D eigenvalue weighted by Crippen LogP contribution is -2.21. The molecule has 0 spiro atoms. The van der Waals surface area contributed by atoms with Crippen LogP contribution in [0.25, 0.3) is 11.0 Å². The van der Waals surface area contributed by atoms with Crippen LogP contribution >= 0.6 is 0 Å². The summed E-state index contributed by atoms with van der Waals surface area (Å²) in [5, 5.41) is 11.5. The van der Waals surface area contributed by atoms with Crippen molar-refractivity contribution >= 4 is 34.2 Å². The van der Waals surface area contributed by atoms with Crippen molar-refractivity contribution in [1.29, 1.82) is 0 Å². The van der Waals surface area contributed by atoms with Crippen molar-refractivity contribution in [3.8, 4) is 0 Å². The largest absolute Gasteiger partial charge is 0.478 e. The van der Waals surface area contributed by atoms with Crippen LogP contribution in [-0.2, 0) is 9.59 Å². The van der Waals surface area contributed by atoms with E-state index in [0.717, 1.165) is 24.9 Å². The Hall–Kier alpha value is -3.09. The van der Waals surface area contributed by atoms with E-state index in [0.29, 0.717) is 17.0 Å². The summed E-state index contributed by atoms with van der Waals surface area (Å²) in [5.41, 5.74) is 0.620. The minimum atomic E-state index is -1.25. The molecule has 0 aliphatic heterocycles. The molecule has 2 N–H and O–H groups in total. The van der Waals surface area contributed by atoms with Crippen LogP contribution in [0.1, 0.15) is 13.8 Å². The Morgan fingerprint density at radius 3 is 2.54 bits per heavy atom. The van der Waals surface area contributed by atoms with Gasteiger partial charge in [0, 0.05) is 42.4 Å². The molecule has 0 atom stereocenters. The molecule has 7 heteroatoms. The molecule has 1 heterocycles. The Balaban J connectivity index is 2.33. The molecule has 7 nitrogen and oxygen atoms in total. The van der Waals surface area contributed by atoms with E-state index in [-0.39, 0.29) is 5.69 Å². The van der Waals surface area contributed by atoms with Crippen molar-refractivity contribution in [2.24, 2.45) is 0 Å². The maximum atomic E-state index is 12.0. The van der Waals surface area contributed by atoms with E-state index >= 15 is 0 Å². The Bertz CT molecular complexity index is 850. The lowest BCUT2D eigenvalue weighted by atomic mass is 10.2. The number of amides is 1. The standard InChI is InChI=1S/C17H18N2O5/c1-3-19(4-2)12-6-5-11-9-13(17(23)24-14(11)10-12)18-15(20)7-8-16(21)22/h5-10H,3-4H2,1-2H3,(H,18,20)(H,21,22). The highest BCUT2D eigenvalue weighted by atomic mass is 16.4. The monoisotopic (exact) mass is 330 g/mol. The van der Waals surface area contributed by atoms with Gasteiger partial charge in [-0.1, -0.05) is 0 Å². The highest BCUT2D eigenvalue weighted by molar-refractivity contribution is 6.02. The van der Waals surface area contributed by atoms with Gasteiger partial charge in [-0.2, -0.15) is 0 Å². The Kier molecular flexibility index (Phi) is 5.36. The van der Waals surface area contributed by atoms with Crippen LogP contribution in [0.5, 0.6) is 0 Å². The summed E-state index contributed by atoms with van der Waals surface area (Å²) in [6, 6.07) is 6.99. The molecule has 0 saturated heterocycles. The number of nitrogens with zero attached hydrogens (tertiary/aromatic N) is 1. The fourth-order valence-electron chi connectivity index (χ4n) is 2.29. The summed E-state index contributed by atoms with van der Waals surface area (Å²) in [6.07, 6.45) is 1.52. The predicted molar refractivity (Wildman–Crippen MR) is 91.5 cm³/mol. The summed E-state index contributed by atoms with van der Waals surface area (Å²) in [6.45, 7) is 5.73. The number of aliphatic carboxylic acids is 1. The van der Waals surface area contributed by atoms with Crippen molar-refractivity contribution in [3.63, 3.8) is 0 Å². The summed E-state index contributed by atoms with van der Waals surface area (Å²) in [5.74, 6) is -1.97. The van der Waals surface area contributed by atoms with Crippen LogP contribution in [-0.4, -0.2) is 30.1 Å². The number of hydrogen-bond acceptors (Lipinski definition) is 5. The molecule has 0 aliphatic carbocycles. The van der Waals surface area contributed by atoms with Gasteiger partial charge in [0.1, 0.15) is 11.3 Å². The molecule has 0 bridgehead atoms. The number of carboxylic acid groups (broad SMARTS) is 1. The molecule has 126 valence electrons. The normalized spacial score (nSPS) is 10.9. The molecule has 2 aromatic rings. The molecule has 1 amide bonds. The van der Waals surface area contributed by atoms with Gasteiger partial charge in [0.05, 0.1) is 0 Å². The second-order valence-corrected chi connectivity index (χ2v) is 5.00. The highest BCUT2D eigenvalue weighted by Gasteiger charge is 2.10. The van der Waals surface area contributed by atoms with Gasteiger partial charge < -0.3 is 19.7 Å². The van der Waals surface area contributed by atoms with Crippen LogP contribution in [0.2, 0.25) is 0 Å². The number of carboxylic acids is 1. The highest BCUT2D eigenvalue weighted by Crippen LogP contribution is 2.22. The Labute approximate surface area is 138 Å². The lowest BCUT2D eigenvalue weighted by Gasteiger charge is -2.21. The summed E-state index contributed by atoms with van der Waals surface area (Å²) >= 11 is 0. The molecule has 0 unspecified atom stereocenters. The third-order valence-corrected chi connectivity index (χ3v) is 3.48. The molecule has 1 aromatic heterocycles. The molecule has 0 saturated carbocycles. The van der Waals surface area contributed by atoms with Crippen LogP contribution in [0.4, 0.5) is 11.4 Å². The SMILES string of the molecule is CCN(CC)c1ccc2cc(NC(=O)C=CC(=O)O)c(=O)oc2c1. The number of hydrogen-bond donors (Lipinski definition) is 2. The molecule has 1 aromatic carbocycles. The summed E-state index contributed by atoms with van der Waals surface area (Å²) < 4.78 is 5.26. The summed E-state index contributed by atoms with van der Waals surface area (Å²) in [4.78, 5) is 36.1. The average molecular weight is 330 g/mol. The van der Waals surface area contributed by atoms with Gasteiger partial charge >= 0.3 is 11.6 Å². The number of anilines is 2. The van der Waals surface area contributed by atoms with Gasteiger partial charge in [-0.25, -0.2) is 9.59 Å². The molecule has 0 fully saturated rings. The number of nitrogens with one attached hydrogen (secondary N) is 1. The first-order chi connectivity index (χ1) is 11.4. The van der Waals surface area contributed by atoms with Crippen LogP contribution in [0.3, 0.4) is 0 Å². The lowest BCUT2D eigenvalue weighted by molar-refractivity contribution is -0.131. The van der Waals surface area contributed by atoms with Gasteiger partial charge in [-0.05, 0) is 32.0 Å². The zero-order valence-corrected chi connectivity index (χ0v) is 13.4. The Morgan fingerprint density at radius 2 is 1.92 bits per heavy atom. The van der Waals surface area contributed by atoms with E-state index in [1.807, 2.05) is 19.9 Å². The molecule has 0 aliphatic rings. The molecule has 24 heavy (non-hydrogen) atoms. The first-order valence-electron chi connectivity index (χ1n) is 7.49. The van der Waals surface area contributed by atoms with Crippen molar-refractivity contribution in [2.75, 3.05) is 23.3 Å². The van der Waals surface area contributed by atoms with Gasteiger partial charge in [-0.15, -0.1) is 0 Å². The predicted octanol–water partition coefficient (Wildman–Crippen LogP) is 2.22. The number of benzene rings is 1. The average Bonchev–Trinajstić information content (AvgIpc) is 2.55. The molecule has 2 rings (SSSR count). The number of rotatable bonds is 6. The number of fused-ring (bicyclic) bond motifs is 1. The van der Waals surface area contributed by atoms with Crippen molar-refractivity contribution in [2.45, 2.75) is 13.8 Å². The maximum absolute atomic E-state index is 12.0. The van der Waals surface area contributed by atoms with E-state index < -0.39 is 17.5 Å². The smallest absolute Gasteiger partial charge is 0.360 e. The third-order valence-electron chi connectivity index (χ3n) is 3.48. The number of carbonyl (C=O) groups excluding carboxylic acids is 1. The first kappa shape index (κ1) is 17.3. The minimum Gasteiger partial charge on any atom is -0.478 e. The van der Waals surface area contributed by atoms with Gasteiger partial charge in [-0.3, -0.25) is 4.79 Å². The van der Waals surface area contributed by atoms with E-state index in [4.69, 9.17) is 9.52 Å². The van der Waals surface area contributed by atoms with Crippen LogP contribution in [0, 0.1) is 0 Å². The Morgan fingerprint density at radius 1 is 1.21 bits per heavy atom. The van der Waals surface area contributed by atoms with Crippen molar-refractivity contribution in [3.05, 3.63) is 46.8 Å². The molecule has 0 radical (unpaired) electrons. The maximum Gasteiger partial charge on any atom is 0.360 e. The van der Waals surface area contributed by atoms with Crippen molar-refractivity contribution in [1.82, 2.24) is 0 Å². The van der Waals surface area contributed by atoms with Gasteiger partial charge in [0.2, 0.25) is 5.91 Å². The van der Waals surface area contributed by atoms with Crippen molar-refractivity contribution < 1.29 is 19.1 Å². The fraction of sp³-hybridized carbons (Fsp3) is 0.235. The molecular formula is C17H18N2O5. The second-order valence-electron chi connectivity index (χ2n) is 5.00. The zero-order valence-electron chi connectivity index (χ0n) is 13.4. The second kappa shape index (κ2) is 7.45. The zero-order chi connectivity index (χ0) is 17.7. The third kappa shape index (κ3) is 4.01. The first-order valence-corrected chi connectivity index (χ1v) is 7.49. The van der Waals surface area contributed by atoms with Crippen LogP contribution < -0.4 is 15.8 Å². The minimum absolute atomic E-state index is 0.0434.